The first-order chi connectivity index (χ1) is 10.1. The van der Waals surface area contributed by atoms with Gasteiger partial charge in [-0.2, -0.15) is 5.10 Å². The summed E-state index contributed by atoms with van der Waals surface area (Å²) in [6.45, 7) is 0.562. The van der Waals surface area contributed by atoms with Gasteiger partial charge < -0.3 is 4.90 Å². The molecule has 4 nitrogen and oxygen atoms in total. The summed E-state index contributed by atoms with van der Waals surface area (Å²) < 4.78 is 15.4. The summed E-state index contributed by atoms with van der Waals surface area (Å²) in [5, 5.41) is 4.08. The highest BCUT2D eigenvalue weighted by Gasteiger charge is 2.27. The van der Waals surface area contributed by atoms with E-state index in [-0.39, 0.29) is 17.4 Å². The molecule has 0 spiro atoms. The van der Waals surface area contributed by atoms with E-state index in [2.05, 4.69) is 5.10 Å². The lowest BCUT2D eigenvalue weighted by molar-refractivity contribution is -0.118. The highest BCUT2D eigenvalue weighted by molar-refractivity contribution is 6.34. The Kier molecular flexibility index (Phi) is 3.68. The molecule has 21 heavy (non-hydrogen) atoms. The van der Waals surface area contributed by atoms with Crippen molar-refractivity contribution in [1.29, 1.82) is 0 Å². The van der Waals surface area contributed by atoms with Crippen molar-refractivity contribution in [3.05, 3.63) is 46.5 Å². The topological polar surface area (TPSA) is 38.1 Å². The van der Waals surface area contributed by atoms with Gasteiger partial charge in [-0.3, -0.25) is 9.48 Å². The molecule has 1 aromatic carbocycles. The quantitative estimate of drug-likeness (QED) is 0.855. The van der Waals surface area contributed by atoms with Gasteiger partial charge in [0.25, 0.3) is 0 Å². The number of nitrogens with zero attached hydrogens (tertiary/aromatic N) is 3. The fourth-order valence-corrected chi connectivity index (χ4v) is 2.97. The van der Waals surface area contributed by atoms with E-state index < -0.39 is 5.82 Å². The minimum absolute atomic E-state index is 0.0329. The number of anilines is 1. The molecule has 1 aromatic heterocycles. The first-order valence-electron chi connectivity index (χ1n) is 6.82. The van der Waals surface area contributed by atoms with Crippen molar-refractivity contribution in [3.8, 4) is 0 Å². The molecule has 1 aliphatic heterocycles. The highest BCUT2D eigenvalue weighted by atomic mass is 35.5. The van der Waals surface area contributed by atoms with Crippen LogP contribution in [0.15, 0.2) is 24.4 Å². The Morgan fingerprint density at radius 3 is 2.95 bits per heavy atom. The largest absolute Gasteiger partial charge is 0.310 e. The second-order valence-electron chi connectivity index (χ2n) is 5.14. The Morgan fingerprint density at radius 1 is 1.43 bits per heavy atom. The summed E-state index contributed by atoms with van der Waals surface area (Å²) in [7, 11) is 1.79. The third kappa shape index (κ3) is 2.53. The number of hydrogen-bond donors (Lipinski definition) is 0. The van der Waals surface area contributed by atoms with E-state index in [0.717, 1.165) is 24.1 Å². The van der Waals surface area contributed by atoms with Crippen LogP contribution >= 0.6 is 11.6 Å². The van der Waals surface area contributed by atoms with Gasteiger partial charge in [0.2, 0.25) is 5.91 Å². The molecule has 3 rings (SSSR count). The van der Waals surface area contributed by atoms with Crippen LogP contribution < -0.4 is 4.90 Å². The molecule has 0 saturated heterocycles. The molecule has 0 bridgehead atoms. The van der Waals surface area contributed by atoms with E-state index >= 15 is 0 Å². The number of hydrogen-bond acceptors (Lipinski definition) is 2. The minimum Gasteiger partial charge on any atom is -0.310 e. The van der Waals surface area contributed by atoms with Gasteiger partial charge in [0.1, 0.15) is 10.8 Å². The minimum atomic E-state index is -0.490. The number of carbonyl (C=O) groups excluding carboxylic acids is 1. The number of aryl methyl sites for hydroxylation is 2. The molecule has 0 radical (unpaired) electrons. The summed E-state index contributed by atoms with van der Waals surface area (Å²) >= 11 is 6.08. The van der Waals surface area contributed by atoms with Gasteiger partial charge in [0, 0.05) is 25.5 Å². The predicted molar refractivity (Wildman–Crippen MR) is 79.0 cm³/mol. The monoisotopic (exact) mass is 307 g/mol. The summed E-state index contributed by atoms with van der Waals surface area (Å²) in [6.07, 6.45) is 3.54. The van der Waals surface area contributed by atoms with E-state index in [1.54, 1.807) is 35.0 Å². The van der Waals surface area contributed by atoms with E-state index in [1.165, 1.54) is 6.07 Å². The third-order valence-corrected chi connectivity index (χ3v) is 4.17. The fourth-order valence-electron chi connectivity index (χ4n) is 2.69. The van der Waals surface area contributed by atoms with Gasteiger partial charge in [-0.25, -0.2) is 4.39 Å². The molecule has 0 fully saturated rings. The van der Waals surface area contributed by atoms with Crippen LogP contribution in [0.3, 0.4) is 0 Å². The van der Waals surface area contributed by atoms with E-state index in [0.29, 0.717) is 12.2 Å². The maximum absolute atomic E-state index is 13.7. The zero-order valence-corrected chi connectivity index (χ0v) is 12.4. The van der Waals surface area contributed by atoms with E-state index in [9.17, 15) is 9.18 Å². The molecule has 2 aromatic rings. The number of benzene rings is 1. The summed E-state index contributed by atoms with van der Waals surface area (Å²) in [5.41, 5.74) is 2.26. The van der Waals surface area contributed by atoms with Crippen LogP contribution in [0.25, 0.3) is 0 Å². The molecule has 1 amide bonds. The molecule has 0 unspecified atom stereocenters. The lowest BCUT2D eigenvalue weighted by Gasteiger charge is -2.30. The van der Waals surface area contributed by atoms with Gasteiger partial charge in [-0.15, -0.1) is 0 Å². The summed E-state index contributed by atoms with van der Waals surface area (Å²) in [6, 6.07) is 4.87. The van der Waals surface area contributed by atoms with Crippen molar-refractivity contribution in [1.82, 2.24) is 9.78 Å². The summed E-state index contributed by atoms with van der Waals surface area (Å²) in [5.74, 6) is -0.581. The molecular weight excluding hydrogens is 293 g/mol. The molecule has 0 aliphatic carbocycles. The van der Waals surface area contributed by atoms with Gasteiger partial charge in [0.05, 0.1) is 12.1 Å². The van der Waals surface area contributed by atoms with Crippen LogP contribution in [0.2, 0.25) is 5.02 Å². The number of fused-ring (bicyclic) bond motifs is 1. The Morgan fingerprint density at radius 2 is 2.24 bits per heavy atom. The zero-order chi connectivity index (χ0) is 15.0. The second kappa shape index (κ2) is 5.48. The molecular formula is C15H15ClFN3O. The molecule has 2 heterocycles. The van der Waals surface area contributed by atoms with E-state index in [4.69, 9.17) is 11.6 Å². The SMILES string of the molecule is Cn1nccc1CC(=O)N1CCCc2ccc(F)c(Cl)c21. The predicted octanol–water partition coefficient (Wildman–Crippen LogP) is 2.73. The Bertz CT molecular complexity index is 698. The van der Waals surface area contributed by atoms with Crippen LogP contribution in [0.5, 0.6) is 0 Å². The van der Waals surface area contributed by atoms with Gasteiger partial charge in [0.15, 0.2) is 0 Å². The van der Waals surface area contributed by atoms with E-state index in [1.807, 2.05) is 0 Å². The maximum Gasteiger partial charge on any atom is 0.233 e. The second-order valence-corrected chi connectivity index (χ2v) is 5.52. The lowest BCUT2D eigenvalue weighted by Crippen LogP contribution is -2.37. The van der Waals surface area contributed by atoms with Crippen molar-refractivity contribution in [2.45, 2.75) is 19.3 Å². The van der Waals surface area contributed by atoms with Crippen molar-refractivity contribution in [3.63, 3.8) is 0 Å². The van der Waals surface area contributed by atoms with Crippen LogP contribution in [0, 0.1) is 5.82 Å². The van der Waals surface area contributed by atoms with Gasteiger partial charge in [-0.1, -0.05) is 17.7 Å². The van der Waals surface area contributed by atoms with Crippen molar-refractivity contribution in [2.24, 2.45) is 7.05 Å². The van der Waals surface area contributed by atoms with Crippen molar-refractivity contribution in [2.75, 3.05) is 11.4 Å². The van der Waals surface area contributed by atoms with Gasteiger partial charge >= 0.3 is 0 Å². The standard InChI is InChI=1S/C15H15ClFN3O/c1-19-11(6-7-18-19)9-13(21)20-8-2-3-10-4-5-12(17)14(16)15(10)20/h4-7H,2-3,8-9H2,1H3. The maximum atomic E-state index is 13.7. The first kappa shape index (κ1) is 14.1. The average molecular weight is 308 g/mol. The Labute approximate surface area is 127 Å². The molecule has 1 aliphatic rings. The normalized spacial score (nSPS) is 14.1. The molecule has 0 atom stereocenters. The third-order valence-electron chi connectivity index (χ3n) is 3.81. The van der Waals surface area contributed by atoms with Crippen molar-refractivity contribution >= 4 is 23.2 Å². The number of carbonyl (C=O) groups is 1. The van der Waals surface area contributed by atoms with Crippen LogP contribution in [-0.4, -0.2) is 22.2 Å². The molecule has 0 N–H and O–H groups in total. The smallest absolute Gasteiger partial charge is 0.233 e. The fraction of sp³-hybridized carbons (Fsp3) is 0.333. The average Bonchev–Trinajstić information content (AvgIpc) is 2.88. The lowest BCUT2D eigenvalue weighted by atomic mass is 10.0. The Balaban J connectivity index is 1.93. The molecule has 6 heteroatoms. The number of aromatic nitrogens is 2. The number of rotatable bonds is 2. The summed E-state index contributed by atoms with van der Waals surface area (Å²) in [4.78, 5) is 14.1. The van der Waals surface area contributed by atoms with Crippen LogP contribution in [0.1, 0.15) is 17.7 Å². The Hall–Kier alpha value is -1.88. The number of halogens is 2. The van der Waals surface area contributed by atoms with Crippen molar-refractivity contribution < 1.29 is 9.18 Å². The highest BCUT2D eigenvalue weighted by Crippen LogP contribution is 2.36. The molecule has 110 valence electrons. The zero-order valence-electron chi connectivity index (χ0n) is 11.6. The van der Waals surface area contributed by atoms with Gasteiger partial charge in [-0.05, 0) is 30.5 Å². The van der Waals surface area contributed by atoms with Crippen LogP contribution in [0.4, 0.5) is 10.1 Å². The molecule has 0 saturated carbocycles. The number of amides is 1. The first-order valence-corrected chi connectivity index (χ1v) is 7.20. The van der Waals surface area contributed by atoms with Crippen LogP contribution in [-0.2, 0) is 24.7 Å².